The van der Waals surface area contributed by atoms with E-state index in [2.05, 4.69) is 15.1 Å². The predicted molar refractivity (Wildman–Crippen MR) is 109 cm³/mol. The van der Waals surface area contributed by atoms with Gasteiger partial charge < -0.3 is 20.5 Å². The molecule has 0 radical (unpaired) electrons. The van der Waals surface area contributed by atoms with Gasteiger partial charge in [0.25, 0.3) is 5.91 Å². The second-order valence-corrected chi connectivity index (χ2v) is 7.17. The fourth-order valence-corrected chi connectivity index (χ4v) is 3.35. The molecule has 3 N–H and O–H groups in total. The first kappa shape index (κ1) is 22.0. The van der Waals surface area contributed by atoms with Crippen LogP contribution in [0.25, 0.3) is 11.1 Å². The van der Waals surface area contributed by atoms with Gasteiger partial charge in [-0.3, -0.25) is 9.48 Å². The second kappa shape index (κ2) is 8.07. The molecule has 1 unspecified atom stereocenters. The highest BCUT2D eigenvalue weighted by Gasteiger charge is 2.38. The van der Waals surface area contributed by atoms with Gasteiger partial charge in [-0.2, -0.15) is 18.3 Å². The number of aromatic nitrogens is 4. The fourth-order valence-electron chi connectivity index (χ4n) is 3.35. The molecule has 0 spiro atoms. The van der Waals surface area contributed by atoms with Gasteiger partial charge in [-0.15, -0.1) is 0 Å². The number of halogens is 3. The molecule has 1 aromatic carbocycles. The topological polar surface area (TPSA) is 136 Å². The molecule has 0 aliphatic carbocycles. The molecule has 3 aromatic rings. The van der Waals surface area contributed by atoms with E-state index in [9.17, 15) is 22.8 Å². The van der Waals surface area contributed by atoms with Crippen LogP contribution in [-0.4, -0.2) is 49.9 Å². The molecule has 0 fully saturated rings. The number of rotatable bonds is 4. The number of hydrogen-bond donors (Lipinski definition) is 2. The lowest BCUT2D eigenvalue weighted by Crippen LogP contribution is -2.32. The van der Waals surface area contributed by atoms with Crippen molar-refractivity contribution in [2.75, 3.05) is 23.8 Å². The Bertz CT molecular complexity index is 1230. The number of nitrogen functional groups attached to an aromatic ring is 1. The Hall–Kier alpha value is -4.16. The first-order valence-corrected chi connectivity index (χ1v) is 9.62. The van der Waals surface area contributed by atoms with E-state index in [0.717, 1.165) is 10.9 Å². The largest absolute Gasteiger partial charge is 0.480 e. The Morgan fingerprint density at radius 2 is 1.94 bits per heavy atom. The summed E-state index contributed by atoms with van der Waals surface area (Å²) in [5.74, 6) is -1.82. The number of nitrogens with two attached hydrogens (primary N) is 1. The number of alkyl halides is 3. The zero-order chi connectivity index (χ0) is 23.9. The van der Waals surface area contributed by atoms with Gasteiger partial charge in [-0.05, 0) is 24.6 Å². The van der Waals surface area contributed by atoms with Crippen molar-refractivity contribution in [1.82, 2.24) is 19.7 Å². The molecule has 13 heteroatoms. The van der Waals surface area contributed by atoms with E-state index in [1.54, 1.807) is 0 Å². The van der Waals surface area contributed by atoms with Crippen LogP contribution in [0.5, 0.6) is 5.88 Å². The molecule has 10 nitrogen and oxygen atoms in total. The minimum atomic E-state index is -4.79. The molecule has 4 rings (SSSR count). The molecule has 1 atom stereocenters. The van der Waals surface area contributed by atoms with E-state index in [1.807, 2.05) is 0 Å². The molecule has 0 saturated heterocycles. The average Bonchev–Trinajstić information content (AvgIpc) is 3.15. The Morgan fingerprint density at radius 3 is 2.58 bits per heavy atom. The fraction of sp³-hybridized carbons (Fsp3) is 0.250. The zero-order valence-corrected chi connectivity index (χ0v) is 17.1. The average molecular weight is 462 g/mol. The molecule has 1 aliphatic heterocycles. The van der Waals surface area contributed by atoms with Crippen LogP contribution in [0.4, 0.5) is 24.7 Å². The summed E-state index contributed by atoms with van der Waals surface area (Å²) in [6.07, 6.45) is -2.58. The lowest BCUT2D eigenvalue weighted by Gasteiger charge is -2.20. The van der Waals surface area contributed by atoms with E-state index < -0.39 is 29.8 Å². The number of carboxylic acid groups (broad SMARTS) is 1. The van der Waals surface area contributed by atoms with Gasteiger partial charge in [0.2, 0.25) is 5.88 Å². The smallest absolute Gasteiger partial charge is 0.435 e. The molecular weight excluding hydrogens is 445 g/mol. The van der Waals surface area contributed by atoms with Crippen LogP contribution >= 0.6 is 0 Å². The van der Waals surface area contributed by atoms with E-state index in [1.165, 1.54) is 42.4 Å². The highest BCUT2D eigenvalue weighted by atomic mass is 19.4. The van der Waals surface area contributed by atoms with Crippen molar-refractivity contribution in [3.63, 3.8) is 0 Å². The first-order valence-electron chi connectivity index (χ1n) is 9.62. The third kappa shape index (κ3) is 4.04. The van der Waals surface area contributed by atoms with Crippen LogP contribution in [0.15, 0.2) is 36.8 Å². The Kier molecular flexibility index (Phi) is 5.39. The molecule has 33 heavy (non-hydrogen) atoms. The van der Waals surface area contributed by atoms with Gasteiger partial charge in [0.15, 0.2) is 5.69 Å². The summed E-state index contributed by atoms with van der Waals surface area (Å²) in [5, 5.41) is 12.6. The summed E-state index contributed by atoms with van der Waals surface area (Å²) in [6, 6.07) is 4.43. The number of anilines is 2. The molecule has 1 aliphatic rings. The van der Waals surface area contributed by atoms with Crippen molar-refractivity contribution in [2.24, 2.45) is 0 Å². The second-order valence-electron chi connectivity index (χ2n) is 7.17. The number of fused-ring (bicyclic) bond motifs is 1. The number of ether oxygens (including phenoxy) is 1. The number of benzene rings is 1. The number of nitrogens with zero attached hydrogens (tertiary/aromatic N) is 5. The molecule has 1 amide bonds. The Labute approximate surface area is 184 Å². The molecular formula is C20H17F3N6O4. The molecule has 172 valence electrons. The molecule has 2 aromatic heterocycles. The maximum absolute atomic E-state index is 13.5. The van der Waals surface area contributed by atoms with Crippen molar-refractivity contribution >= 4 is 23.4 Å². The van der Waals surface area contributed by atoms with Crippen molar-refractivity contribution in [3.8, 4) is 17.0 Å². The lowest BCUT2D eigenvalue weighted by molar-refractivity contribution is -0.144. The zero-order valence-electron chi connectivity index (χ0n) is 17.1. The molecule has 3 heterocycles. The van der Waals surface area contributed by atoms with Crippen LogP contribution in [0, 0.1) is 0 Å². The summed E-state index contributed by atoms with van der Waals surface area (Å²) in [5.41, 5.74) is 4.87. The van der Waals surface area contributed by atoms with E-state index >= 15 is 0 Å². The first-order chi connectivity index (χ1) is 15.6. The standard InChI is InChI=1S/C20H17F3N6O4/c1-10(19(31)32)29-8-13(15(27-29)20(21,22)23)11-2-4-12(5-3-11)28-6-7-33-17-14(18(28)30)16(24)25-9-26-17/h2-5,8-10H,6-7H2,1H3,(H,31,32)(H2,24,25,26). The van der Waals surface area contributed by atoms with Crippen molar-refractivity contribution < 1.29 is 32.6 Å². The van der Waals surface area contributed by atoms with Crippen molar-refractivity contribution in [3.05, 3.63) is 48.0 Å². The van der Waals surface area contributed by atoms with Gasteiger partial charge >= 0.3 is 12.1 Å². The third-order valence-corrected chi connectivity index (χ3v) is 5.10. The van der Waals surface area contributed by atoms with Gasteiger partial charge in [-0.25, -0.2) is 14.8 Å². The van der Waals surface area contributed by atoms with Crippen molar-refractivity contribution in [1.29, 1.82) is 0 Å². The maximum atomic E-state index is 13.5. The number of amides is 1. The SMILES string of the molecule is CC(C(=O)O)n1cc(-c2ccc(N3CCOc4ncnc(N)c4C3=O)cc2)c(C(F)(F)F)n1. The maximum Gasteiger partial charge on any atom is 0.435 e. The Morgan fingerprint density at radius 1 is 1.24 bits per heavy atom. The van der Waals surface area contributed by atoms with Crippen LogP contribution in [0.3, 0.4) is 0 Å². The number of carboxylic acids is 1. The van der Waals surface area contributed by atoms with Gasteiger partial charge in [-0.1, -0.05) is 12.1 Å². The summed E-state index contributed by atoms with van der Waals surface area (Å²) >= 11 is 0. The summed E-state index contributed by atoms with van der Waals surface area (Å²) < 4.78 is 46.8. The van der Waals surface area contributed by atoms with Crippen molar-refractivity contribution in [2.45, 2.75) is 19.1 Å². The van der Waals surface area contributed by atoms with Gasteiger partial charge in [0.05, 0.1) is 6.54 Å². The highest BCUT2D eigenvalue weighted by Crippen LogP contribution is 2.37. The predicted octanol–water partition coefficient (Wildman–Crippen LogP) is 2.63. The minimum Gasteiger partial charge on any atom is -0.480 e. The van der Waals surface area contributed by atoms with Gasteiger partial charge in [0, 0.05) is 17.4 Å². The van der Waals surface area contributed by atoms with Gasteiger partial charge in [0.1, 0.15) is 30.4 Å². The van der Waals surface area contributed by atoms with E-state index in [-0.39, 0.29) is 41.5 Å². The highest BCUT2D eigenvalue weighted by molar-refractivity contribution is 6.10. The normalized spacial score (nSPS) is 14.9. The Balaban J connectivity index is 1.70. The summed E-state index contributed by atoms with van der Waals surface area (Å²) in [6.45, 7) is 1.49. The van der Waals surface area contributed by atoms with Crippen LogP contribution < -0.4 is 15.4 Å². The number of carbonyl (C=O) groups excluding carboxylic acids is 1. The van der Waals surface area contributed by atoms with Crippen LogP contribution in [-0.2, 0) is 11.0 Å². The number of carbonyl (C=O) groups is 2. The minimum absolute atomic E-state index is 0.00219. The third-order valence-electron chi connectivity index (χ3n) is 5.10. The molecule has 0 bridgehead atoms. The summed E-state index contributed by atoms with van der Waals surface area (Å²) in [7, 11) is 0. The monoisotopic (exact) mass is 462 g/mol. The molecule has 0 saturated carbocycles. The van der Waals surface area contributed by atoms with Crippen LogP contribution in [0.2, 0.25) is 0 Å². The van der Waals surface area contributed by atoms with E-state index in [0.29, 0.717) is 5.69 Å². The number of aliphatic carboxylic acids is 1. The number of hydrogen-bond acceptors (Lipinski definition) is 7. The lowest BCUT2D eigenvalue weighted by atomic mass is 10.1. The quantitative estimate of drug-likeness (QED) is 0.604. The van der Waals surface area contributed by atoms with Crippen LogP contribution in [0.1, 0.15) is 29.0 Å². The van der Waals surface area contributed by atoms with E-state index in [4.69, 9.17) is 15.6 Å². The summed E-state index contributed by atoms with van der Waals surface area (Å²) in [4.78, 5) is 33.3.